The minimum Gasteiger partial charge on any atom is -0.480 e. The molecule has 86 valence electrons. The van der Waals surface area contributed by atoms with E-state index >= 15 is 0 Å². The number of anilines is 1. The van der Waals surface area contributed by atoms with Crippen molar-refractivity contribution in [2.45, 2.75) is 6.04 Å². The zero-order valence-corrected chi connectivity index (χ0v) is 8.12. The maximum Gasteiger partial charge on any atom is 0.328 e. The van der Waals surface area contributed by atoms with Crippen molar-refractivity contribution in [3.05, 3.63) is 18.7 Å². The molecule has 0 aliphatic carbocycles. The highest BCUT2D eigenvalue weighted by atomic mass is 16.4. The normalized spacial score (nSPS) is 11.6. The fourth-order valence-electron chi connectivity index (χ4n) is 0.875. The van der Waals surface area contributed by atoms with Crippen LogP contribution in [0.2, 0.25) is 0 Å². The molecule has 1 rings (SSSR count). The second kappa shape index (κ2) is 5.61. The third-order valence-corrected chi connectivity index (χ3v) is 1.60. The van der Waals surface area contributed by atoms with E-state index in [1.807, 2.05) is 0 Å². The number of rotatable bonds is 4. The average Bonchev–Trinajstić information content (AvgIpc) is 2.27. The molecule has 1 atom stereocenters. The maximum atomic E-state index is 11.2. The Labute approximate surface area is 90.3 Å². The molecule has 8 heteroatoms. The van der Waals surface area contributed by atoms with Crippen LogP contribution in [0.1, 0.15) is 0 Å². The summed E-state index contributed by atoms with van der Waals surface area (Å²) in [5, 5.41) is 21.6. The molecule has 0 fully saturated rings. The van der Waals surface area contributed by atoms with E-state index in [1.54, 1.807) is 0 Å². The van der Waals surface area contributed by atoms with Gasteiger partial charge in [0.05, 0.1) is 24.7 Å². The van der Waals surface area contributed by atoms with Gasteiger partial charge < -0.3 is 20.8 Å². The molecule has 0 aromatic carbocycles. The maximum absolute atomic E-state index is 11.2. The zero-order chi connectivity index (χ0) is 12.0. The second-order valence-electron chi connectivity index (χ2n) is 2.80. The van der Waals surface area contributed by atoms with E-state index < -0.39 is 24.6 Å². The quantitative estimate of drug-likeness (QED) is 0.524. The van der Waals surface area contributed by atoms with Crippen molar-refractivity contribution in [1.29, 1.82) is 0 Å². The van der Waals surface area contributed by atoms with Crippen LogP contribution in [-0.2, 0) is 4.79 Å². The summed E-state index contributed by atoms with van der Waals surface area (Å²) in [6.07, 6.45) is 3.99. The highest BCUT2D eigenvalue weighted by Crippen LogP contribution is 1.99. The molecule has 1 aromatic rings. The minimum atomic E-state index is -1.34. The number of aliphatic hydroxyl groups is 1. The molecule has 0 saturated heterocycles. The first kappa shape index (κ1) is 11.9. The Kier molecular flexibility index (Phi) is 4.16. The van der Waals surface area contributed by atoms with Gasteiger partial charge in [-0.25, -0.2) is 19.6 Å². The Hall–Kier alpha value is -2.22. The Morgan fingerprint density at radius 1 is 1.38 bits per heavy atom. The molecule has 4 N–H and O–H groups in total. The van der Waals surface area contributed by atoms with Crippen molar-refractivity contribution >= 4 is 17.7 Å². The van der Waals surface area contributed by atoms with E-state index in [2.05, 4.69) is 20.6 Å². The average molecular weight is 226 g/mol. The molecule has 1 unspecified atom stereocenters. The van der Waals surface area contributed by atoms with Gasteiger partial charge in [0.15, 0.2) is 6.04 Å². The molecule has 0 saturated carbocycles. The largest absolute Gasteiger partial charge is 0.480 e. The zero-order valence-electron chi connectivity index (χ0n) is 8.12. The lowest BCUT2D eigenvalue weighted by Gasteiger charge is -2.11. The lowest BCUT2D eigenvalue weighted by molar-refractivity contribution is -0.140. The summed E-state index contributed by atoms with van der Waals surface area (Å²) in [6.45, 7) is -0.686. The predicted molar refractivity (Wildman–Crippen MR) is 52.7 cm³/mol. The van der Waals surface area contributed by atoms with E-state index in [-0.39, 0.29) is 0 Å². The summed E-state index contributed by atoms with van der Waals surface area (Å²) < 4.78 is 0. The molecule has 0 aliphatic rings. The fourth-order valence-corrected chi connectivity index (χ4v) is 0.875. The van der Waals surface area contributed by atoms with Crippen molar-refractivity contribution in [3.8, 4) is 0 Å². The van der Waals surface area contributed by atoms with E-state index in [1.165, 1.54) is 18.7 Å². The van der Waals surface area contributed by atoms with Crippen LogP contribution in [-0.4, -0.2) is 44.8 Å². The molecule has 0 aliphatic heterocycles. The molecule has 8 nitrogen and oxygen atoms in total. The monoisotopic (exact) mass is 226 g/mol. The van der Waals surface area contributed by atoms with E-state index in [4.69, 9.17) is 10.2 Å². The summed E-state index contributed by atoms with van der Waals surface area (Å²) in [5.74, 6) is -1.32. The first-order valence-electron chi connectivity index (χ1n) is 4.29. The van der Waals surface area contributed by atoms with Gasteiger partial charge in [-0.2, -0.15) is 0 Å². The van der Waals surface area contributed by atoms with Crippen molar-refractivity contribution in [3.63, 3.8) is 0 Å². The van der Waals surface area contributed by atoms with Crippen LogP contribution in [0.3, 0.4) is 0 Å². The van der Waals surface area contributed by atoms with Gasteiger partial charge in [0.2, 0.25) is 0 Å². The van der Waals surface area contributed by atoms with Crippen LogP contribution in [0.5, 0.6) is 0 Å². The first-order chi connectivity index (χ1) is 7.63. The van der Waals surface area contributed by atoms with Crippen LogP contribution < -0.4 is 10.6 Å². The number of carboxylic acids is 1. The number of aliphatic carboxylic acids is 1. The summed E-state index contributed by atoms with van der Waals surface area (Å²) in [6, 6.07) is -2.10. The molecule has 2 amide bonds. The number of nitrogens with one attached hydrogen (secondary N) is 2. The van der Waals surface area contributed by atoms with Crippen LogP contribution in [0.25, 0.3) is 0 Å². The number of amides is 2. The van der Waals surface area contributed by atoms with Gasteiger partial charge in [0, 0.05) is 0 Å². The topological polar surface area (TPSA) is 124 Å². The van der Waals surface area contributed by atoms with Crippen molar-refractivity contribution in [2.24, 2.45) is 0 Å². The Bertz CT molecular complexity index is 370. The lowest BCUT2D eigenvalue weighted by Crippen LogP contribution is -2.45. The summed E-state index contributed by atoms with van der Waals surface area (Å²) in [7, 11) is 0. The number of aromatic nitrogens is 2. The van der Waals surface area contributed by atoms with Crippen molar-refractivity contribution in [1.82, 2.24) is 15.3 Å². The SMILES string of the molecule is O=C(Nc1cncnc1)NC(CO)C(=O)O. The van der Waals surface area contributed by atoms with Crippen molar-refractivity contribution < 1.29 is 19.8 Å². The van der Waals surface area contributed by atoms with E-state index in [0.717, 1.165) is 0 Å². The van der Waals surface area contributed by atoms with Gasteiger partial charge in [0.25, 0.3) is 0 Å². The molecule has 16 heavy (non-hydrogen) atoms. The number of urea groups is 1. The molecule has 1 aromatic heterocycles. The van der Waals surface area contributed by atoms with E-state index in [9.17, 15) is 9.59 Å². The van der Waals surface area contributed by atoms with Gasteiger partial charge in [-0.3, -0.25) is 0 Å². The molecule has 0 spiro atoms. The van der Waals surface area contributed by atoms with Gasteiger partial charge in [-0.15, -0.1) is 0 Å². The smallest absolute Gasteiger partial charge is 0.328 e. The minimum absolute atomic E-state index is 0.321. The summed E-state index contributed by atoms with van der Waals surface area (Å²) in [5.41, 5.74) is 0.321. The molecular formula is C8H10N4O4. The third kappa shape index (κ3) is 3.50. The lowest BCUT2D eigenvalue weighted by atomic mass is 10.3. The van der Waals surface area contributed by atoms with Gasteiger partial charge >= 0.3 is 12.0 Å². The number of nitrogens with zero attached hydrogens (tertiary/aromatic N) is 2. The number of carbonyl (C=O) groups is 2. The summed E-state index contributed by atoms with van der Waals surface area (Å²) >= 11 is 0. The van der Waals surface area contributed by atoms with Gasteiger partial charge in [0.1, 0.15) is 6.33 Å². The second-order valence-corrected chi connectivity index (χ2v) is 2.80. The third-order valence-electron chi connectivity index (χ3n) is 1.60. The number of carbonyl (C=O) groups excluding carboxylic acids is 1. The molecule has 0 radical (unpaired) electrons. The number of hydrogen-bond acceptors (Lipinski definition) is 5. The number of aliphatic hydroxyl groups excluding tert-OH is 1. The highest BCUT2D eigenvalue weighted by Gasteiger charge is 2.18. The highest BCUT2D eigenvalue weighted by molar-refractivity contribution is 5.91. The van der Waals surface area contributed by atoms with Crippen LogP contribution in [0.4, 0.5) is 10.5 Å². The summed E-state index contributed by atoms with van der Waals surface area (Å²) in [4.78, 5) is 29.0. The van der Waals surface area contributed by atoms with Crippen molar-refractivity contribution in [2.75, 3.05) is 11.9 Å². The Morgan fingerprint density at radius 2 is 2.00 bits per heavy atom. The number of hydrogen-bond donors (Lipinski definition) is 4. The predicted octanol–water partition coefficient (Wildman–Crippen LogP) is -0.956. The molecular weight excluding hydrogens is 216 g/mol. The van der Waals surface area contributed by atoms with Crippen LogP contribution >= 0.6 is 0 Å². The Morgan fingerprint density at radius 3 is 2.50 bits per heavy atom. The van der Waals surface area contributed by atoms with Crippen LogP contribution in [0, 0.1) is 0 Å². The van der Waals surface area contributed by atoms with Crippen LogP contribution in [0.15, 0.2) is 18.7 Å². The van der Waals surface area contributed by atoms with Gasteiger partial charge in [-0.05, 0) is 0 Å². The number of carboxylic acid groups (broad SMARTS) is 1. The van der Waals surface area contributed by atoms with E-state index in [0.29, 0.717) is 5.69 Å². The molecule has 0 bridgehead atoms. The first-order valence-corrected chi connectivity index (χ1v) is 4.29. The van der Waals surface area contributed by atoms with Gasteiger partial charge in [-0.1, -0.05) is 0 Å². The Balaban J connectivity index is 2.50. The fraction of sp³-hybridized carbons (Fsp3) is 0.250. The standard InChI is InChI=1S/C8H10N4O4/c13-3-6(7(14)15)12-8(16)11-5-1-9-4-10-2-5/h1-2,4,6,13H,3H2,(H,14,15)(H2,11,12,16). The molecule has 1 heterocycles.